The van der Waals surface area contributed by atoms with Gasteiger partial charge in [-0.3, -0.25) is 0 Å². The van der Waals surface area contributed by atoms with Gasteiger partial charge in [-0.2, -0.15) is 0 Å². The molecule has 0 bridgehead atoms. The van der Waals surface area contributed by atoms with Crippen LogP contribution in [0.4, 0.5) is 0 Å². The number of hydrogen-bond donors (Lipinski definition) is 0. The van der Waals surface area contributed by atoms with Crippen molar-refractivity contribution in [2.24, 2.45) is 5.92 Å². The van der Waals surface area contributed by atoms with Crippen molar-refractivity contribution in [1.29, 1.82) is 0 Å². The lowest BCUT2D eigenvalue weighted by Crippen LogP contribution is -2.07. The van der Waals surface area contributed by atoms with Crippen LogP contribution in [0.1, 0.15) is 94.4 Å². The van der Waals surface area contributed by atoms with Crippen LogP contribution < -0.4 is 0 Å². The smallest absolute Gasteiger partial charge is 0.0716 e. The molecule has 3 rings (SSSR count). The van der Waals surface area contributed by atoms with Crippen LogP contribution in [0.25, 0.3) is 11.1 Å². The van der Waals surface area contributed by atoms with E-state index in [4.69, 9.17) is 0 Å². The molecule has 148 valence electrons. The summed E-state index contributed by atoms with van der Waals surface area (Å²) in [6, 6.07) is 14.1. The highest BCUT2D eigenvalue weighted by Crippen LogP contribution is 2.47. The van der Waals surface area contributed by atoms with E-state index in [1.807, 2.05) is 6.92 Å². The quantitative estimate of drug-likeness (QED) is 0.392. The van der Waals surface area contributed by atoms with E-state index >= 15 is 0 Å². The lowest BCUT2D eigenvalue weighted by atomic mass is 9.85. The fourth-order valence-electron chi connectivity index (χ4n) is 4.70. The van der Waals surface area contributed by atoms with E-state index in [0.717, 1.165) is 5.92 Å². The Morgan fingerprint density at radius 1 is 0.964 bits per heavy atom. The third-order valence-electron chi connectivity index (χ3n) is 6.36. The molecule has 0 saturated carbocycles. The van der Waals surface area contributed by atoms with Crippen molar-refractivity contribution < 1.29 is 0 Å². The molecule has 0 spiro atoms. The molecule has 0 aromatic heterocycles. The molecule has 1 aliphatic carbocycles. The van der Waals surface area contributed by atoms with Gasteiger partial charge in [-0.25, -0.2) is 0 Å². The predicted octanol–water partition coefficient (Wildman–Crippen LogP) is 7.92. The first-order valence-corrected chi connectivity index (χ1v) is 11.4. The maximum atomic E-state index is 3.57. The van der Waals surface area contributed by atoms with Gasteiger partial charge in [0.25, 0.3) is 0 Å². The van der Waals surface area contributed by atoms with Crippen LogP contribution in [0, 0.1) is 17.8 Å². The molecular weight excluding hydrogens is 336 g/mol. The Bertz CT molecular complexity index is 846. The van der Waals surface area contributed by atoms with Gasteiger partial charge in [-0.1, -0.05) is 95.2 Å². The number of benzene rings is 2. The summed E-state index contributed by atoms with van der Waals surface area (Å²) < 4.78 is 0. The van der Waals surface area contributed by atoms with E-state index in [1.165, 1.54) is 84.7 Å². The molecule has 2 aromatic carbocycles. The van der Waals surface area contributed by atoms with Crippen LogP contribution in [0.5, 0.6) is 0 Å². The fourth-order valence-corrected chi connectivity index (χ4v) is 4.70. The van der Waals surface area contributed by atoms with Gasteiger partial charge in [0.1, 0.15) is 0 Å². The minimum Gasteiger partial charge on any atom is -0.106 e. The summed E-state index contributed by atoms with van der Waals surface area (Å²) >= 11 is 0. The van der Waals surface area contributed by atoms with E-state index in [0.29, 0.717) is 0 Å². The van der Waals surface area contributed by atoms with Gasteiger partial charge in [-0.15, -0.1) is 5.92 Å². The van der Waals surface area contributed by atoms with Crippen molar-refractivity contribution in [2.75, 3.05) is 0 Å². The Morgan fingerprint density at radius 3 is 2.50 bits per heavy atom. The number of aryl methyl sites for hydroxylation is 1. The van der Waals surface area contributed by atoms with Crippen molar-refractivity contribution >= 4 is 0 Å². The normalized spacial score (nSPS) is 15.5. The summed E-state index contributed by atoms with van der Waals surface area (Å²) in [7, 11) is 0. The molecule has 1 aliphatic rings. The van der Waals surface area contributed by atoms with Gasteiger partial charge < -0.3 is 0 Å². The number of rotatable bonds is 9. The Kier molecular flexibility index (Phi) is 7.38. The molecule has 0 heteroatoms. The zero-order chi connectivity index (χ0) is 19.9. The first-order chi connectivity index (χ1) is 13.7. The minimum absolute atomic E-state index is 0.247. The summed E-state index contributed by atoms with van der Waals surface area (Å²) in [4.78, 5) is 0. The minimum atomic E-state index is 0.247. The molecule has 2 aromatic rings. The maximum Gasteiger partial charge on any atom is 0.0716 e. The molecule has 0 heterocycles. The van der Waals surface area contributed by atoms with Crippen LogP contribution in [-0.2, 0) is 12.8 Å². The average Bonchev–Trinajstić information content (AvgIpc) is 3.04. The van der Waals surface area contributed by atoms with E-state index < -0.39 is 0 Å². The number of fused-ring (bicyclic) bond motifs is 3. The number of unbranched alkanes of at least 4 members (excludes halogenated alkanes) is 2. The number of hydrogen-bond acceptors (Lipinski definition) is 0. The van der Waals surface area contributed by atoms with Crippen molar-refractivity contribution in [3.8, 4) is 23.0 Å². The van der Waals surface area contributed by atoms with Crippen LogP contribution in [0.3, 0.4) is 0 Å². The monoisotopic (exact) mass is 372 g/mol. The second-order valence-electron chi connectivity index (χ2n) is 8.35. The SMILES string of the molecule is CC#CC1c2cc(CCCC)ccc2-c2cccc(CC(CC)CCCC)c21. The van der Waals surface area contributed by atoms with Crippen molar-refractivity contribution in [2.45, 2.75) is 85.0 Å². The highest BCUT2D eigenvalue weighted by Gasteiger charge is 2.30. The van der Waals surface area contributed by atoms with Crippen LogP contribution in [0.2, 0.25) is 0 Å². The van der Waals surface area contributed by atoms with E-state index in [1.54, 1.807) is 0 Å². The lowest BCUT2D eigenvalue weighted by molar-refractivity contribution is 0.448. The molecule has 2 atom stereocenters. The second-order valence-corrected chi connectivity index (χ2v) is 8.35. The third kappa shape index (κ3) is 4.35. The molecule has 0 nitrogen and oxygen atoms in total. The summed E-state index contributed by atoms with van der Waals surface area (Å²) in [5, 5.41) is 0. The van der Waals surface area contributed by atoms with Gasteiger partial charge >= 0.3 is 0 Å². The van der Waals surface area contributed by atoms with Gasteiger partial charge in [0, 0.05) is 0 Å². The first-order valence-electron chi connectivity index (χ1n) is 11.4. The van der Waals surface area contributed by atoms with Crippen LogP contribution in [-0.4, -0.2) is 0 Å². The van der Waals surface area contributed by atoms with Gasteiger partial charge in [0.2, 0.25) is 0 Å². The van der Waals surface area contributed by atoms with E-state index in [-0.39, 0.29) is 5.92 Å². The van der Waals surface area contributed by atoms with Crippen LogP contribution in [0.15, 0.2) is 36.4 Å². The molecule has 28 heavy (non-hydrogen) atoms. The zero-order valence-corrected chi connectivity index (χ0v) is 18.3. The Balaban J connectivity index is 1.99. The summed E-state index contributed by atoms with van der Waals surface area (Å²) in [6.45, 7) is 8.90. The molecule has 2 unspecified atom stereocenters. The molecule has 0 amide bonds. The average molecular weight is 373 g/mol. The second kappa shape index (κ2) is 9.97. The molecule has 0 fully saturated rings. The summed E-state index contributed by atoms with van der Waals surface area (Å²) in [5.41, 5.74) is 8.76. The van der Waals surface area contributed by atoms with E-state index in [2.05, 4.69) is 69.0 Å². The third-order valence-corrected chi connectivity index (χ3v) is 6.36. The fraction of sp³-hybridized carbons (Fsp3) is 0.500. The molecule has 0 N–H and O–H groups in total. The molecule has 0 aliphatic heterocycles. The summed E-state index contributed by atoms with van der Waals surface area (Å²) in [6.07, 6.45) is 10.1. The molecule has 0 saturated heterocycles. The highest BCUT2D eigenvalue weighted by atomic mass is 14.3. The highest BCUT2D eigenvalue weighted by molar-refractivity contribution is 5.82. The first kappa shape index (κ1) is 20.7. The largest absolute Gasteiger partial charge is 0.106 e. The predicted molar refractivity (Wildman–Crippen MR) is 123 cm³/mol. The van der Waals surface area contributed by atoms with Crippen molar-refractivity contribution in [3.05, 3.63) is 58.7 Å². The molecular formula is C28H36. The zero-order valence-electron chi connectivity index (χ0n) is 18.3. The summed E-state index contributed by atoms with van der Waals surface area (Å²) in [5.74, 6) is 7.83. The van der Waals surface area contributed by atoms with Crippen molar-refractivity contribution in [1.82, 2.24) is 0 Å². The van der Waals surface area contributed by atoms with Gasteiger partial charge in [0.15, 0.2) is 0 Å². The Labute approximate surface area is 172 Å². The van der Waals surface area contributed by atoms with Crippen molar-refractivity contribution in [3.63, 3.8) is 0 Å². The topological polar surface area (TPSA) is 0 Å². The maximum absolute atomic E-state index is 3.57. The van der Waals surface area contributed by atoms with Gasteiger partial charge in [-0.05, 0) is 65.5 Å². The Morgan fingerprint density at radius 2 is 1.79 bits per heavy atom. The standard InChI is InChI=1S/C28H36/c1-5-9-13-21(8-4)19-23-15-11-16-26-24-18-17-22(14-10-6-2)20-27(24)25(12-7-3)28(23)26/h11,15-18,20-21,25H,5-6,8-10,13-14,19H2,1-4H3. The van der Waals surface area contributed by atoms with E-state index in [9.17, 15) is 0 Å². The van der Waals surface area contributed by atoms with Crippen LogP contribution >= 0.6 is 0 Å². The van der Waals surface area contributed by atoms with Gasteiger partial charge in [0.05, 0.1) is 5.92 Å². The molecule has 0 radical (unpaired) electrons. The Hall–Kier alpha value is -2.00. The lowest BCUT2D eigenvalue weighted by Gasteiger charge is -2.18.